The van der Waals surface area contributed by atoms with Gasteiger partial charge >= 0.3 is 6.18 Å². The molecule has 1 aromatic heterocycles. The van der Waals surface area contributed by atoms with E-state index < -0.39 is 46.5 Å². The molecular weight excluding hydrogens is 461 g/mol. The SMILES string of the molecule is CC1CCCCN1S(=O)(=O)c1cccc(C(=O)NCCC(O)(c2nccn2C)C(F)(F)F)c1. The van der Waals surface area contributed by atoms with Gasteiger partial charge in [0.2, 0.25) is 15.6 Å². The number of imidazole rings is 1. The highest BCUT2D eigenvalue weighted by Crippen LogP contribution is 2.40. The van der Waals surface area contributed by atoms with Crippen LogP contribution in [-0.2, 0) is 22.7 Å². The Morgan fingerprint density at radius 1 is 1.30 bits per heavy atom. The molecule has 2 aromatic rings. The van der Waals surface area contributed by atoms with Gasteiger partial charge in [-0.3, -0.25) is 4.79 Å². The van der Waals surface area contributed by atoms with Crippen LogP contribution in [0.3, 0.4) is 0 Å². The lowest BCUT2D eigenvalue weighted by atomic mass is 9.97. The number of amides is 1. The standard InChI is InChI=1S/C21H27F3N4O4S/c1-15-6-3-4-12-28(15)33(31,32)17-8-5-7-16(14-17)18(29)25-10-9-20(30,21(22,23)24)19-26-11-13-27(19)2/h5,7-8,11,13-15,30H,3-4,6,9-10,12H2,1-2H3,(H,25,29). The van der Waals surface area contributed by atoms with Gasteiger partial charge in [0.05, 0.1) is 4.90 Å². The number of nitrogens with zero attached hydrogens (tertiary/aromatic N) is 3. The fourth-order valence-electron chi connectivity index (χ4n) is 3.97. The van der Waals surface area contributed by atoms with Gasteiger partial charge in [0.15, 0.2) is 0 Å². The van der Waals surface area contributed by atoms with Crippen molar-refractivity contribution >= 4 is 15.9 Å². The third-order valence-corrected chi connectivity index (χ3v) is 7.89. The van der Waals surface area contributed by atoms with Gasteiger partial charge in [-0.25, -0.2) is 13.4 Å². The first-order valence-corrected chi connectivity index (χ1v) is 12.0. The number of piperidine rings is 1. The number of benzene rings is 1. The summed E-state index contributed by atoms with van der Waals surface area (Å²) in [6.07, 6.45) is -1.02. The van der Waals surface area contributed by atoms with E-state index in [9.17, 15) is 31.5 Å². The molecule has 182 valence electrons. The molecule has 2 atom stereocenters. The second-order valence-corrected chi connectivity index (χ2v) is 10.1. The molecule has 0 spiro atoms. The van der Waals surface area contributed by atoms with Crippen molar-refractivity contribution < 1.29 is 31.5 Å². The number of nitrogens with one attached hydrogen (secondary N) is 1. The Labute approximate surface area is 190 Å². The zero-order valence-electron chi connectivity index (χ0n) is 18.3. The molecule has 0 bridgehead atoms. The van der Waals surface area contributed by atoms with Crippen LogP contribution < -0.4 is 5.32 Å². The molecule has 0 radical (unpaired) electrons. The third kappa shape index (κ3) is 5.07. The monoisotopic (exact) mass is 488 g/mol. The second kappa shape index (κ2) is 9.43. The van der Waals surface area contributed by atoms with Crippen molar-refractivity contribution in [2.45, 2.75) is 55.3 Å². The van der Waals surface area contributed by atoms with Crippen LogP contribution in [0.1, 0.15) is 48.8 Å². The smallest absolute Gasteiger partial charge is 0.374 e. The van der Waals surface area contributed by atoms with Crippen molar-refractivity contribution in [1.29, 1.82) is 0 Å². The molecule has 2 N–H and O–H groups in total. The van der Waals surface area contributed by atoms with Crippen molar-refractivity contribution in [3.8, 4) is 0 Å². The first-order chi connectivity index (χ1) is 15.4. The van der Waals surface area contributed by atoms with Crippen LogP contribution in [0.5, 0.6) is 0 Å². The molecule has 1 aliphatic heterocycles. The Morgan fingerprint density at radius 2 is 2.03 bits per heavy atom. The van der Waals surface area contributed by atoms with Gasteiger partial charge in [0.1, 0.15) is 5.82 Å². The number of sulfonamides is 1. The van der Waals surface area contributed by atoms with Crippen LogP contribution in [0.4, 0.5) is 13.2 Å². The van der Waals surface area contributed by atoms with Crippen LogP contribution >= 0.6 is 0 Å². The van der Waals surface area contributed by atoms with Crippen molar-refractivity contribution in [1.82, 2.24) is 19.2 Å². The minimum absolute atomic E-state index is 0.00622. The molecule has 3 rings (SSSR count). The summed E-state index contributed by atoms with van der Waals surface area (Å²) >= 11 is 0. The summed E-state index contributed by atoms with van der Waals surface area (Å²) < 4.78 is 69.3. The summed E-state index contributed by atoms with van der Waals surface area (Å²) in [5, 5.41) is 12.7. The Balaban J connectivity index is 1.73. The van der Waals surface area contributed by atoms with Crippen molar-refractivity contribution in [3.63, 3.8) is 0 Å². The first-order valence-electron chi connectivity index (χ1n) is 10.5. The highest BCUT2D eigenvalue weighted by Gasteiger charge is 2.57. The van der Waals surface area contributed by atoms with Gasteiger partial charge in [-0.15, -0.1) is 0 Å². The summed E-state index contributed by atoms with van der Waals surface area (Å²) in [7, 11) is -2.49. The van der Waals surface area contributed by atoms with E-state index in [1.54, 1.807) is 0 Å². The Hall–Kier alpha value is -2.44. The van der Waals surface area contributed by atoms with Crippen molar-refractivity contribution in [3.05, 3.63) is 48.0 Å². The lowest BCUT2D eigenvalue weighted by Gasteiger charge is -2.32. The number of carbonyl (C=O) groups is 1. The molecule has 1 aromatic carbocycles. The van der Waals surface area contributed by atoms with Gasteiger partial charge in [0, 0.05) is 50.6 Å². The van der Waals surface area contributed by atoms with Crippen LogP contribution in [0.15, 0.2) is 41.6 Å². The maximum absolute atomic E-state index is 13.6. The third-order valence-electron chi connectivity index (χ3n) is 5.88. The Morgan fingerprint density at radius 3 is 2.64 bits per heavy atom. The predicted octanol–water partition coefficient (Wildman–Crippen LogP) is 2.55. The minimum atomic E-state index is -5.02. The topological polar surface area (TPSA) is 105 Å². The van der Waals surface area contributed by atoms with Crippen molar-refractivity contribution in [2.75, 3.05) is 13.1 Å². The normalized spacial score (nSPS) is 19.8. The number of aliphatic hydroxyl groups is 1. The maximum atomic E-state index is 13.6. The molecule has 1 saturated heterocycles. The lowest BCUT2D eigenvalue weighted by Crippen LogP contribution is -2.46. The molecule has 2 heterocycles. The van der Waals surface area contributed by atoms with E-state index in [-0.39, 0.29) is 16.5 Å². The summed E-state index contributed by atoms with van der Waals surface area (Å²) in [6, 6.07) is 5.23. The maximum Gasteiger partial charge on any atom is 0.424 e. The zero-order chi connectivity index (χ0) is 24.4. The first kappa shape index (κ1) is 25.2. The van der Waals surface area contributed by atoms with E-state index in [1.165, 1.54) is 41.8 Å². The summed E-state index contributed by atoms with van der Waals surface area (Å²) in [6.45, 7) is 1.71. The van der Waals surface area contributed by atoms with Gasteiger partial charge in [-0.2, -0.15) is 17.5 Å². The number of aryl methyl sites for hydroxylation is 1. The lowest BCUT2D eigenvalue weighted by molar-refractivity contribution is -0.272. The number of carbonyl (C=O) groups excluding carboxylic acids is 1. The van der Waals surface area contributed by atoms with E-state index in [1.807, 2.05) is 6.92 Å². The fourth-order valence-corrected chi connectivity index (χ4v) is 5.71. The van der Waals surface area contributed by atoms with Crippen LogP contribution in [0.2, 0.25) is 0 Å². The van der Waals surface area contributed by atoms with Gasteiger partial charge in [-0.1, -0.05) is 12.5 Å². The molecule has 1 amide bonds. The Kier molecular flexibility index (Phi) is 7.20. The molecular formula is C21H27F3N4O4S. The number of hydrogen-bond acceptors (Lipinski definition) is 5. The van der Waals surface area contributed by atoms with E-state index >= 15 is 0 Å². The van der Waals surface area contributed by atoms with Crippen LogP contribution in [-0.4, -0.2) is 58.6 Å². The summed E-state index contributed by atoms with van der Waals surface area (Å²) in [5.41, 5.74) is -3.26. The summed E-state index contributed by atoms with van der Waals surface area (Å²) in [5.74, 6) is -1.34. The molecule has 33 heavy (non-hydrogen) atoms. The summed E-state index contributed by atoms with van der Waals surface area (Å²) in [4.78, 5) is 16.1. The molecule has 8 nitrogen and oxygen atoms in total. The molecule has 0 aliphatic carbocycles. The average Bonchev–Trinajstić information content (AvgIpc) is 3.19. The van der Waals surface area contributed by atoms with E-state index in [0.717, 1.165) is 30.0 Å². The van der Waals surface area contributed by atoms with E-state index in [2.05, 4.69) is 10.3 Å². The largest absolute Gasteiger partial charge is 0.424 e. The van der Waals surface area contributed by atoms with Crippen LogP contribution in [0.25, 0.3) is 0 Å². The van der Waals surface area contributed by atoms with Crippen molar-refractivity contribution in [2.24, 2.45) is 7.05 Å². The van der Waals surface area contributed by atoms with Gasteiger partial charge < -0.3 is 15.0 Å². The predicted molar refractivity (Wildman–Crippen MR) is 114 cm³/mol. The van der Waals surface area contributed by atoms with Gasteiger partial charge in [-0.05, 0) is 38.0 Å². The van der Waals surface area contributed by atoms with E-state index in [0.29, 0.717) is 6.54 Å². The number of aromatic nitrogens is 2. The molecule has 1 aliphatic rings. The molecule has 12 heteroatoms. The molecule has 0 saturated carbocycles. The molecule has 2 unspecified atom stereocenters. The van der Waals surface area contributed by atoms with E-state index in [4.69, 9.17) is 0 Å². The number of hydrogen-bond donors (Lipinski definition) is 2. The highest BCUT2D eigenvalue weighted by molar-refractivity contribution is 7.89. The second-order valence-electron chi connectivity index (χ2n) is 8.21. The average molecular weight is 489 g/mol. The zero-order valence-corrected chi connectivity index (χ0v) is 19.2. The van der Waals surface area contributed by atoms with Crippen LogP contribution in [0, 0.1) is 0 Å². The number of alkyl halides is 3. The number of rotatable bonds is 7. The highest BCUT2D eigenvalue weighted by atomic mass is 32.2. The molecule has 1 fully saturated rings. The minimum Gasteiger partial charge on any atom is -0.374 e. The van der Waals surface area contributed by atoms with Gasteiger partial charge in [0.25, 0.3) is 5.91 Å². The fraction of sp³-hybridized carbons (Fsp3) is 0.524. The number of halogens is 3. The quantitative estimate of drug-likeness (QED) is 0.623. The Bertz CT molecular complexity index is 1100.